The molecule has 0 bridgehead atoms. The first-order valence-electron chi connectivity index (χ1n) is 9.54. The van der Waals surface area contributed by atoms with E-state index in [1.54, 1.807) is 48.5 Å². The van der Waals surface area contributed by atoms with Crippen LogP contribution in [0, 0.1) is 10.1 Å². The summed E-state index contributed by atoms with van der Waals surface area (Å²) >= 11 is 0. The highest BCUT2D eigenvalue weighted by Gasteiger charge is 2.31. The number of nitrogens with zero attached hydrogens (tertiary/aromatic N) is 4. The molecule has 9 heteroatoms. The molecular formula is C23H13N5O4. The molecule has 154 valence electrons. The van der Waals surface area contributed by atoms with Gasteiger partial charge in [0.15, 0.2) is 17.4 Å². The largest absolute Gasteiger partial charge is 0.289 e. The Morgan fingerprint density at radius 2 is 1.59 bits per heavy atom. The van der Waals surface area contributed by atoms with Crippen LogP contribution in [0.2, 0.25) is 0 Å². The molecule has 1 heterocycles. The van der Waals surface area contributed by atoms with Crippen LogP contribution in [-0.2, 0) is 0 Å². The molecule has 0 fully saturated rings. The summed E-state index contributed by atoms with van der Waals surface area (Å²) in [5.74, 6) is -0.128. The summed E-state index contributed by atoms with van der Waals surface area (Å²) in [7, 11) is 0. The molecule has 1 aliphatic carbocycles. The van der Waals surface area contributed by atoms with Gasteiger partial charge in [-0.3, -0.25) is 25.1 Å². The summed E-state index contributed by atoms with van der Waals surface area (Å²) in [6.07, 6.45) is 2.78. The normalized spacial score (nSPS) is 12.6. The first-order valence-corrected chi connectivity index (χ1v) is 9.54. The fourth-order valence-corrected chi connectivity index (χ4v) is 3.65. The number of nitrogens with one attached hydrogen (secondary N) is 1. The van der Waals surface area contributed by atoms with Crippen molar-refractivity contribution in [1.82, 2.24) is 9.97 Å². The smallest absolute Gasteiger partial charge is 0.269 e. The zero-order chi connectivity index (χ0) is 22.2. The van der Waals surface area contributed by atoms with Crippen LogP contribution in [0.1, 0.15) is 37.4 Å². The summed E-state index contributed by atoms with van der Waals surface area (Å²) in [5, 5.41) is 15.4. The number of carbonyl (C=O) groups is 2. The summed E-state index contributed by atoms with van der Waals surface area (Å²) < 4.78 is 0. The number of nitro benzene ring substituents is 1. The Balaban J connectivity index is 1.51. The van der Waals surface area contributed by atoms with E-state index in [2.05, 4.69) is 20.5 Å². The molecule has 9 nitrogen and oxygen atoms in total. The Morgan fingerprint density at radius 3 is 2.31 bits per heavy atom. The van der Waals surface area contributed by atoms with Crippen molar-refractivity contribution in [3.05, 3.63) is 105 Å². The van der Waals surface area contributed by atoms with E-state index in [1.165, 1.54) is 24.7 Å². The van der Waals surface area contributed by atoms with E-state index in [-0.39, 0.29) is 22.8 Å². The number of carbonyl (C=O) groups excluding carboxylic acids is 2. The van der Waals surface area contributed by atoms with Crippen LogP contribution >= 0.6 is 0 Å². The molecule has 32 heavy (non-hydrogen) atoms. The lowest BCUT2D eigenvalue weighted by atomic mass is 9.83. The second-order valence-electron chi connectivity index (χ2n) is 7.03. The van der Waals surface area contributed by atoms with Gasteiger partial charge in [0.25, 0.3) is 5.69 Å². The van der Waals surface area contributed by atoms with Gasteiger partial charge >= 0.3 is 0 Å². The zero-order valence-corrected chi connectivity index (χ0v) is 16.4. The number of aromatic nitrogens is 2. The van der Waals surface area contributed by atoms with Crippen molar-refractivity contribution in [3.63, 3.8) is 0 Å². The first-order chi connectivity index (χ1) is 15.5. The van der Waals surface area contributed by atoms with Crippen LogP contribution in [0.3, 0.4) is 0 Å². The van der Waals surface area contributed by atoms with Gasteiger partial charge in [-0.1, -0.05) is 24.3 Å². The third-order valence-corrected chi connectivity index (χ3v) is 5.18. The molecule has 0 saturated carbocycles. The predicted octanol–water partition coefficient (Wildman–Crippen LogP) is 3.76. The molecule has 1 N–H and O–H groups in total. The second-order valence-corrected chi connectivity index (χ2v) is 7.03. The lowest BCUT2D eigenvalue weighted by Gasteiger charge is -2.18. The van der Waals surface area contributed by atoms with Crippen LogP contribution in [0.5, 0.6) is 0 Å². The highest BCUT2D eigenvalue weighted by molar-refractivity contribution is 6.32. The van der Waals surface area contributed by atoms with Crippen LogP contribution in [0.4, 0.5) is 11.5 Å². The van der Waals surface area contributed by atoms with E-state index in [0.717, 1.165) is 0 Å². The van der Waals surface area contributed by atoms with E-state index in [4.69, 9.17) is 0 Å². The van der Waals surface area contributed by atoms with Gasteiger partial charge in [0.05, 0.1) is 22.2 Å². The van der Waals surface area contributed by atoms with E-state index in [9.17, 15) is 19.7 Å². The maximum Gasteiger partial charge on any atom is 0.269 e. The third kappa shape index (κ3) is 3.08. The Labute approximate surface area is 180 Å². The quantitative estimate of drug-likeness (QED) is 0.265. The number of rotatable bonds is 4. The number of benzene rings is 3. The maximum atomic E-state index is 13.1. The van der Waals surface area contributed by atoms with Crippen LogP contribution in [0.15, 0.2) is 72.1 Å². The fourth-order valence-electron chi connectivity index (χ4n) is 3.65. The van der Waals surface area contributed by atoms with Gasteiger partial charge in [0, 0.05) is 34.2 Å². The van der Waals surface area contributed by atoms with Gasteiger partial charge in [-0.15, -0.1) is 0 Å². The topological polar surface area (TPSA) is 127 Å². The molecule has 5 rings (SSSR count). The summed E-state index contributed by atoms with van der Waals surface area (Å²) in [4.78, 5) is 44.8. The molecule has 0 spiro atoms. The van der Waals surface area contributed by atoms with Gasteiger partial charge in [-0.25, -0.2) is 9.97 Å². The summed E-state index contributed by atoms with van der Waals surface area (Å²) in [6, 6.07) is 15.9. The third-order valence-electron chi connectivity index (χ3n) is 5.18. The number of ketones is 2. The highest BCUT2D eigenvalue weighted by atomic mass is 16.6. The van der Waals surface area contributed by atoms with Crippen molar-refractivity contribution in [3.8, 4) is 0 Å². The minimum atomic E-state index is -0.475. The van der Waals surface area contributed by atoms with Crippen molar-refractivity contribution >= 4 is 40.2 Å². The van der Waals surface area contributed by atoms with Crippen LogP contribution in [0.25, 0.3) is 10.9 Å². The highest BCUT2D eigenvalue weighted by Crippen LogP contribution is 2.33. The Bertz CT molecular complexity index is 1460. The van der Waals surface area contributed by atoms with Crippen LogP contribution in [-0.4, -0.2) is 32.7 Å². The molecule has 3 aromatic carbocycles. The average Bonchev–Trinajstić information content (AvgIpc) is 2.82. The SMILES string of the molecule is O=C1c2ccccc2C(=O)c2c1ccc1c(N/N=C/c3ccc([N+](=O)[O-])cc3)ncnc21. The molecule has 1 aromatic heterocycles. The van der Waals surface area contributed by atoms with E-state index >= 15 is 0 Å². The summed E-state index contributed by atoms with van der Waals surface area (Å²) in [5.41, 5.74) is 5.09. The van der Waals surface area contributed by atoms with Crippen molar-refractivity contribution in [2.45, 2.75) is 0 Å². The molecule has 0 unspecified atom stereocenters. The number of fused-ring (bicyclic) bond motifs is 4. The van der Waals surface area contributed by atoms with Crippen molar-refractivity contribution in [1.29, 1.82) is 0 Å². The van der Waals surface area contributed by atoms with E-state index < -0.39 is 4.92 Å². The minimum absolute atomic E-state index is 0.0116. The van der Waals surface area contributed by atoms with Crippen molar-refractivity contribution in [2.24, 2.45) is 5.10 Å². The van der Waals surface area contributed by atoms with E-state index in [0.29, 0.717) is 39.0 Å². The standard InChI is InChI=1S/C23H13N5O4/c29-21-15-3-1-2-4-16(15)22(30)19-17(21)9-10-18-20(19)24-12-25-23(18)27-26-11-13-5-7-14(8-6-13)28(31)32/h1-12H,(H,24,25,27)/b26-11+. The van der Waals surface area contributed by atoms with Gasteiger partial charge in [-0.05, 0) is 29.8 Å². The average molecular weight is 423 g/mol. The number of hydrazone groups is 1. The Kier molecular flexibility index (Phi) is 4.48. The molecule has 0 aliphatic heterocycles. The molecule has 0 atom stereocenters. The van der Waals surface area contributed by atoms with Crippen molar-refractivity contribution in [2.75, 3.05) is 5.43 Å². The monoisotopic (exact) mass is 423 g/mol. The van der Waals surface area contributed by atoms with E-state index in [1.807, 2.05) is 0 Å². The lowest BCUT2D eigenvalue weighted by molar-refractivity contribution is -0.384. The molecule has 1 aliphatic rings. The molecule has 0 amide bonds. The number of anilines is 1. The van der Waals surface area contributed by atoms with Crippen LogP contribution < -0.4 is 5.43 Å². The number of non-ortho nitro benzene ring substituents is 1. The molecule has 0 radical (unpaired) electrons. The van der Waals surface area contributed by atoms with Gasteiger partial charge in [0.1, 0.15) is 6.33 Å². The first kappa shape index (κ1) is 19.2. The molecule has 4 aromatic rings. The number of hydrogen-bond donors (Lipinski definition) is 1. The van der Waals surface area contributed by atoms with Gasteiger partial charge < -0.3 is 0 Å². The second kappa shape index (κ2) is 7.47. The van der Waals surface area contributed by atoms with Gasteiger partial charge in [0.2, 0.25) is 0 Å². The predicted molar refractivity (Wildman–Crippen MR) is 117 cm³/mol. The van der Waals surface area contributed by atoms with Crippen molar-refractivity contribution < 1.29 is 14.5 Å². The lowest BCUT2D eigenvalue weighted by Crippen LogP contribution is -2.21. The Morgan fingerprint density at radius 1 is 0.875 bits per heavy atom. The number of nitro groups is 1. The zero-order valence-electron chi connectivity index (χ0n) is 16.4. The molecule has 0 saturated heterocycles. The maximum absolute atomic E-state index is 13.1. The molecular weight excluding hydrogens is 410 g/mol. The minimum Gasteiger partial charge on any atom is -0.289 e. The van der Waals surface area contributed by atoms with Gasteiger partial charge in [-0.2, -0.15) is 5.10 Å². The number of hydrogen-bond acceptors (Lipinski definition) is 8. The fraction of sp³-hybridized carbons (Fsp3) is 0. The Hall–Kier alpha value is -4.79. The summed E-state index contributed by atoms with van der Waals surface area (Å²) in [6.45, 7) is 0.